The Balaban J connectivity index is 2.19. The van der Waals surface area contributed by atoms with Crippen molar-refractivity contribution in [1.29, 1.82) is 0 Å². The molecule has 0 saturated heterocycles. The SMILES string of the molecule is CCn1c(=O)[nH]c(=O)c2c1ncn2Cc1ccccc1. The number of nitrogens with zero attached hydrogens (tertiary/aromatic N) is 3. The van der Waals surface area contributed by atoms with E-state index < -0.39 is 11.2 Å². The van der Waals surface area contributed by atoms with Crippen LogP contribution in [-0.4, -0.2) is 19.1 Å². The molecule has 0 unspecified atom stereocenters. The summed E-state index contributed by atoms with van der Waals surface area (Å²) in [6.45, 7) is 2.85. The zero-order chi connectivity index (χ0) is 14.1. The highest BCUT2D eigenvalue weighted by molar-refractivity contribution is 5.70. The number of aryl methyl sites for hydroxylation is 1. The minimum Gasteiger partial charge on any atom is -0.320 e. The third-order valence-corrected chi connectivity index (χ3v) is 3.27. The van der Waals surface area contributed by atoms with Gasteiger partial charge in [-0.1, -0.05) is 30.3 Å². The molecule has 2 heterocycles. The molecule has 0 atom stereocenters. The van der Waals surface area contributed by atoms with E-state index in [-0.39, 0.29) is 0 Å². The molecular formula is C14H14N4O2. The molecular weight excluding hydrogens is 256 g/mol. The number of aromatic amines is 1. The van der Waals surface area contributed by atoms with Crippen LogP contribution in [0.5, 0.6) is 0 Å². The second-order valence-electron chi connectivity index (χ2n) is 4.53. The molecule has 2 aromatic heterocycles. The van der Waals surface area contributed by atoms with E-state index in [4.69, 9.17) is 0 Å². The van der Waals surface area contributed by atoms with Gasteiger partial charge >= 0.3 is 5.69 Å². The average molecular weight is 270 g/mol. The van der Waals surface area contributed by atoms with Crippen molar-refractivity contribution in [3.05, 3.63) is 63.1 Å². The zero-order valence-electron chi connectivity index (χ0n) is 11.0. The zero-order valence-corrected chi connectivity index (χ0v) is 11.0. The molecule has 0 aliphatic carbocycles. The van der Waals surface area contributed by atoms with Crippen molar-refractivity contribution in [2.45, 2.75) is 20.0 Å². The Morgan fingerprint density at radius 1 is 1.20 bits per heavy atom. The van der Waals surface area contributed by atoms with Gasteiger partial charge in [-0.25, -0.2) is 9.78 Å². The van der Waals surface area contributed by atoms with Crippen LogP contribution in [0.1, 0.15) is 12.5 Å². The van der Waals surface area contributed by atoms with E-state index in [1.54, 1.807) is 10.9 Å². The van der Waals surface area contributed by atoms with Crippen molar-refractivity contribution >= 4 is 11.2 Å². The van der Waals surface area contributed by atoms with Gasteiger partial charge in [0, 0.05) is 13.1 Å². The van der Waals surface area contributed by atoms with Gasteiger partial charge in [-0.2, -0.15) is 0 Å². The van der Waals surface area contributed by atoms with E-state index in [1.165, 1.54) is 4.57 Å². The van der Waals surface area contributed by atoms with Crippen molar-refractivity contribution in [2.75, 3.05) is 0 Å². The quantitative estimate of drug-likeness (QED) is 0.770. The lowest BCUT2D eigenvalue weighted by atomic mass is 10.2. The van der Waals surface area contributed by atoms with Crippen molar-refractivity contribution in [2.24, 2.45) is 0 Å². The smallest absolute Gasteiger partial charge is 0.320 e. The number of hydrogen-bond donors (Lipinski definition) is 1. The van der Waals surface area contributed by atoms with Gasteiger partial charge in [-0.3, -0.25) is 14.3 Å². The molecule has 0 amide bonds. The molecule has 3 rings (SSSR count). The second kappa shape index (κ2) is 4.80. The first-order valence-electron chi connectivity index (χ1n) is 6.42. The summed E-state index contributed by atoms with van der Waals surface area (Å²) in [7, 11) is 0. The van der Waals surface area contributed by atoms with Gasteiger partial charge in [0.05, 0.1) is 6.33 Å². The number of rotatable bonds is 3. The molecule has 0 fully saturated rings. The van der Waals surface area contributed by atoms with E-state index in [9.17, 15) is 9.59 Å². The number of nitrogens with one attached hydrogen (secondary N) is 1. The van der Waals surface area contributed by atoms with Crippen LogP contribution in [0.25, 0.3) is 11.2 Å². The topological polar surface area (TPSA) is 72.7 Å². The molecule has 0 radical (unpaired) electrons. The minimum atomic E-state index is -0.421. The lowest BCUT2D eigenvalue weighted by Gasteiger charge is -2.05. The lowest BCUT2D eigenvalue weighted by Crippen LogP contribution is -2.30. The maximum absolute atomic E-state index is 12.0. The highest BCUT2D eigenvalue weighted by atomic mass is 16.2. The summed E-state index contributed by atoms with van der Waals surface area (Å²) in [6, 6.07) is 9.80. The fourth-order valence-electron chi connectivity index (χ4n) is 2.31. The third kappa shape index (κ3) is 1.95. The molecule has 3 aromatic rings. The summed E-state index contributed by atoms with van der Waals surface area (Å²) in [5.41, 5.74) is 1.10. The van der Waals surface area contributed by atoms with Gasteiger partial charge in [-0.05, 0) is 12.5 Å². The Hall–Kier alpha value is -2.63. The van der Waals surface area contributed by atoms with Crippen LogP contribution in [0.3, 0.4) is 0 Å². The Morgan fingerprint density at radius 2 is 1.95 bits per heavy atom. The summed E-state index contributed by atoms with van der Waals surface area (Å²) >= 11 is 0. The van der Waals surface area contributed by atoms with Crippen LogP contribution in [0.2, 0.25) is 0 Å². The van der Waals surface area contributed by atoms with Gasteiger partial charge in [0.15, 0.2) is 11.2 Å². The predicted molar refractivity (Wildman–Crippen MR) is 75.8 cm³/mol. The molecule has 6 nitrogen and oxygen atoms in total. The van der Waals surface area contributed by atoms with E-state index in [2.05, 4.69) is 9.97 Å². The Bertz CT molecular complexity index is 858. The summed E-state index contributed by atoms with van der Waals surface area (Å²) in [4.78, 5) is 30.3. The highest BCUT2D eigenvalue weighted by Gasteiger charge is 2.12. The number of H-pyrrole nitrogens is 1. The van der Waals surface area contributed by atoms with Crippen molar-refractivity contribution in [1.82, 2.24) is 19.1 Å². The van der Waals surface area contributed by atoms with Crippen LogP contribution in [0, 0.1) is 0 Å². The first kappa shape index (κ1) is 12.4. The van der Waals surface area contributed by atoms with Gasteiger partial charge in [0.1, 0.15) is 0 Å². The normalized spacial score (nSPS) is 11.1. The van der Waals surface area contributed by atoms with E-state index >= 15 is 0 Å². The maximum Gasteiger partial charge on any atom is 0.330 e. The average Bonchev–Trinajstić information content (AvgIpc) is 2.84. The van der Waals surface area contributed by atoms with Crippen LogP contribution >= 0.6 is 0 Å². The maximum atomic E-state index is 12.0. The molecule has 1 aromatic carbocycles. The molecule has 0 bridgehead atoms. The van der Waals surface area contributed by atoms with Crippen molar-refractivity contribution in [3.63, 3.8) is 0 Å². The van der Waals surface area contributed by atoms with E-state index in [0.717, 1.165) is 5.56 Å². The molecule has 6 heteroatoms. The van der Waals surface area contributed by atoms with Crippen LogP contribution in [-0.2, 0) is 13.1 Å². The summed E-state index contributed by atoms with van der Waals surface area (Å²) in [6.07, 6.45) is 1.60. The summed E-state index contributed by atoms with van der Waals surface area (Å²) < 4.78 is 3.22. The molecule has 1 N–H and O–H groups in total. The van der Waals surface area contributed by atoms with Gasteiger partial charge in [-0.15, -0.1) is 0 Å². The van der Waals surface area contributed by atoms with E-state index in [1.807, 2.05) is 37.3 Å². The van der Waals surface area contributed by atoms with Crippen LogP contribution in [0.15, 0.2) is 46.2 Å². The standard InChI is InChI=1S/C14H14N4O2/c1-2-18-12-11(13(19)16-14(18)20)17(9-15-12)8-10-6-4-3-5-7-10/h3-7,9H,2,8H2,1H3,(H,16,19,20). The third-order valence-electron chi connectivity index (χ3n) is 3.27. The molecule has 20 heavy (non-hydrogen) atoms. The number of fused-ring (bicyclic) bond motifs is 1. The van der Waals surface area contributed by atoms with E-state index in [0.29, 0.717) is 24.3 Å². The number of aromatic nitrogens is 4. The predicted octanol–water partition coefficient (Wildman–Crippen LogP) is 0.954. The first-order chi connectivity index (χ1) is 9.70. The summed E-state index contributed by atoms with van der Waals surface area (Å²) in [5.74, 6) is 0. The molecule has 0 saturated carbocycles. The molecule has 0 spiro atoms. The first-order valence-corrected chi connectivity index (χ1v) is 6.42. The highest BCUT2D eigenvalue weighted by Crippen LogP contribution is 2.09. The minimum absolute atomic E-state index is 0.400. The molecule has 0 aliphatic heterocycles. The lowest BCUT2D eigenvalue weighted by molar-refractivity contribution is 0.717. The van der Waals surface area contributed by atoms with Gasteiger partial charge in [0.2, 0.25) is 0 Å². The monoisotopic (exact) mass is 270 g/mol. The molecule has 0 aliphatic rings. The fraction of sp³-hybridized carbons (Fsp3) is 0.214. The Morgan fingerprint density at radius 3 is 2.65 bits per heavy atom. The van der Waals surface area contributed by atoms with Crippen molar-refractivity contribution < 1.29 is 0 Å². The van der Waals surface area contributed by atoms with Crippen LogP contribution in [0.4, 0.5) is 0 Å². The largest absolute Gasteiger partial charge is 0.330 e. The number of benzene rings is 1. The molecule has 102 valence electrons. The van der Waals surface area contributed by atoms with Gasteiger partial charge in [0.25, 0.3) is 5.56 Å². The van der Waals surface area contributed by atoms with Crippen LogP contribution < -0.4 is 11.2 Å². The Labute approximate surface area is 114 Å². The van der Waals surface area contributed by atoms with Gasteiger partial charge < -0.3 is 4.57 Å². The Kier molecular flexibility index (Phi) is 2.98. The number of hydrogen-bond acceptors (Lipinski definition) is 3. The van der Waals surface area contributed by atoms with Crippen molar-refractivity contribution in [3.8, 4) is 0 Å². The summed E-state index contributed by atoms with van der Waals surface area (Å²) in [5, 5.41) is 0. The number of imidazole rings is 1. The fourth-order valence-corrected chi connectivity index (χ4v) is 2.31. The second-order valence-corrected chi connectivity index (χ2v) is 4.53.